The first-order valence-electron chi connectivity index (χ1n) is 10.8. The van der Waals surface area contributed by atoms with Crippen molar-refractivity contribution >= 4 is 22.0 Å². The van der Waals surface area contributed by atoms with Crippen LogP contribution in [-0.2, 0) is 26.1 Å². The van der Waals surface area contributed by atoms with E-state index in [4.69, 9.17) is 8.92 Å². The molecule has 0 radical (unpaired) electrons. The SMILES string of the molecule is Cc1ccc(C)c(S(=O)(=O)Oc2ccccc2C(=O)OCC(=O)NCCCc2ccccc2)c1. The average molecular weight is 482 g/mol. The lowest BCUT2D eigenvalue weighted by molar-refractivity contribution is -0.124. The van der Waals surface area contributed by atoms with Crippen molar-refractivity contribution in [2.75, 3.05) is 13.2 Å². The number of carbonyl (C=O) groups is 2. The van der Waals surface area contributed by atoms with E-state index in [0.717, 1.165) is 18.4 Å². The maximum Gasteiger partial charge on any atom is 0.342 e. The summed E-state index contributed by atoms with van der Waals surface area (Å²) in [6.45, 7) is 3.39. The molecule has 0 saturated heterocycles. The van der Waals surface area contributed by atoms with Gasteiger partial charge < -0.3 is 14.2 Å². The Kier molecular flexibility index (Phi) is 8.43. The first-order valence-corrected chi connectivity index (χ1v) is 12.3. The number of carbonyl (C=O) groups excluding carboxylic acids is 2. The van der Waals surface area contributed by atoms with Gasteiger partial charge in [-0.15, -0.1) is 0 Å². The Labute approximate surface area is 199 Å². The number of amides is 1. The molecule has 0 unspecified atom stereocenters. The molecule has 0 saturated carbocycles. The van der Waals surface area contributed by atoms with Gasteiger partial charge in [-0.2, -0.15) is 8.42 Å². The van der Waals surface area contributed by atoms with E-state index in [-0.39, 0.29) is 16.2 Å². The summed E-state index contributed by atoms with van der Waals surface area (Å²) in [6.07, 6.45) is 1.57. The van der Waals surface area contributed by atoms with Gasteiger partial charge in [0, 0.05) is 6.54 Å². The summed E-state index contributed by atoms with van der Waals surface area (Å²) < 4.78 is 36.0. The van der Waals surface area contributed by atoms with Crippen LogP contribution in [0.1, 0.15) is 33.5 Å². The Morgan fingerprint density at radius 3 is 2.38 bits per heavy atom. The van der Waals surface area contributed by atoms with Gasteiger partial charge >= 0.3 is 16.1 Å². The molecule has 178 valence electrons. The molecule has 8 heteroatoms. The molecule has 0 heterocycles. The lowest BCUT2D eigenvalue weighted by Crippen LogP contribution is -2.30. The summed E-state index contributed by atoms with van der Waals surface area (Å²) in [4.78, 5) is 24.6. The van der Waals surface area contributed by atoms with Gasteiger partial charge in [0.25, 0.3) is 5.91 Å². The second kappa shape index (κ2) is 11.5. The van der Waals surface area contributed by atoms with E-state index < -0.39 is 28.6 Å². The van der Waals surface area contributed by atoms with Crippen LogP contribution < -0.4 is 9.50 Å². The summed E-state index contributed by atoms with van der Waals surface area (Å²) in [5.41, 5.74) is 2.37. The fourth-order valence-corrected chi connectivity index (χ4v) is 4.54. The molecule has 0 aromatic heterocycles. The van der Waals surface area contributed by atoms with E-state index in [2.05, 4.69) is 5.32 Å². The molecule has 0 aliphatic carbocycles. The number of hydrogen-bond acceptors (Lipinski definition) is 6. The number of nitrogens with one attached hydrogen (secondary N) is 1. The zero-order valence-corrected chi connectivity index (χ0v) is 19.9. The molecule has 0 aliphatic rings. The Morgan fingerprint density at radius 2 is 1.62 bits per heavy atom. The summed E-state index contributed by atoms with van der Waals surface area (Å²) in [5, 5.41) is 2.70. The number of aryl methyl sites for hydroxylation is 3. The van der Waals surface area contributed by atoms with Gasteiger partial charge in [0.2, 0.25) is 0 Å². The molecule has 1 N–H and O–H groups in total. The van der Waals surface area contributed by atoms with Crippen molar-refractivity contribution < 1.29 is 26.9 Å². The van der Waals surface area contributed by atoms with Crippen LogP contribution in [0.4, 0.5) is 0 Å². The highest BCUT2D eigenvalue weighted by molar-refractivity contribution is 7.87. The number of ether oxygens (including phenoxy) is 1. The minimum absolute atomic E-state index is 0.0190. The molecular weight excluding hydrogens is 454 g/mol. The molecule has 0 atom stereocenters. The average Bonchev–Trinajstić information content (AvgIpc) is 2.82. The zero-order chi connectivity index (χ0) is 24.6. The van der Waals surface area contributed by atoms with E-state index in [1.54, 1.807) is 38.1 Å². The van der Waals surface area contributed by atoms with Gasteiger partial charge in [0.15, 0.2) is 12.4 Å². The van der Waals surface area contributed by atoms with Crippen LogP contribution in [-0.4, -0.2) is 33.4 Å². The topological polar surface area (TPSA) is 98.8 Å². The van der Waals surface area contributed by atoms with Crippen molar-refractivity contribution in [3.63, 3.8) is 0 Å². The largest absolute Gasteiger partial charge is 0.452 e. The number of benzene rings is 3. The predicted molar refractivity (Wildman–Crippen MR) is 128 cm³/mol. The first kappa shape index (κ1) is 25.0. The molecule has 0 aliphatic heterocycles. The highest BCUT2D eigenvalue weighted by atomic mass is 32.2. The van der Waals surface area contributed by atoms with Crippen LogP contribution in [0.3, 0.4) is 0 Å². The van der Waals surface area contributed by atoms with Crippen molar-refractivity contribution in [3.8, 4) is 5.75 Å². The maximum absolute atomic E-state index is 12.8. The Balaban J connectivity index is 1.56. The molecule has 3 aromatic rings. The first-order chi connectivity index (χ1) is 16.3. The van der Waals surface area contributed by atoms with Crippen LogP contribution in [0.25, 0.3) is 0 Å². The summed E-state index contributed by atoms with van der Waals surface area (Å²) >= 11 is 0. The molecule has 0 bridgehead atoms. The smallest absolute Gasteiger partial charge is 0.342 e. The van der Waals surface area contributed by atoms with E-state index in [0.29, 0.717) is 12.1 Å². The fraction of sp³-hybridized carbons (Fsp3) is 0.231. The Morgan fingerprint density at radius 1 is 0.912 bits per heavy atom. The van der Waals surface area contributed by atoms with Gasteiger partial charge in [-0.05, 0) is 61.6 Å². The quantitative estimate of drug-likeness (QED) is 0.267. The van der Waals surface area contributed by atoms with Crippen LogP contribution in [0, 0.1) is 13.8 Å². The third-order valence-electron chi connectivity index (χ3n) is 5.06. The van der Waals surface area contributed by atoms with Crippen molar-refractivity contribution in [1.82, 2.24) is 5.32 Å². The Bertz CT molecular complexity index is 1260. The summed E-state index contributed by atoms with van der Waals surface area (Å²) in [6, 6.07) is 20.7. The molecular formula is C26H27NO6S. The van der Waals surface area contributed by atoms with Crippen molar-refractivity contribution in [2.45, 2.75) is 31.6 Å². The van der Waals surface area contributed by atoms with Crippen LogP contribution in [0.2, 0.25) is 0 Å². The minimum atomic E-state index is -4.18. The van der Waals surface area contributed by atoms with E-state index in [1.807, 2.05) is 30.3 Å². The van der Waals surface area contributed by atoms with Gasteiger partial charge in [0.1, 0.15) is 10.5 Å². The van der Waals surface area contributed by atoms with Crippen molar-refractivity contribution in [3.05, 3.63) is 95.1 Å². The maximum atomic E-state index is 12.8. The van der Waals surface area contributed by atoms with Crippen LogP contribution >= 0.6 is 0 Å². The fourth-order valence-electron chi connectivity index (χ4n) is 3.27. The van der Waals surface area contributed by atoms with Crippen molar-refractivity contribution in [2.24, 2.45) is 0 Å². The molecule has 3 rings (SSSR count). The highest BCUT2D eigenvalue weighted by Gasteiger charge is 2.23. The number of rotatable bonds is 10. The lowest BCUT2D eigenvalue weighted by atomic mass is 10.1. The van der Waals surface area contributed by atoms with Crippen LogP contribution in [0.5, 0.6) is 5.75 Å². The number of para-hydroxylation sites is 1. The second-order valence-electron chi connectivity index (χ2n) is 7.82. The lowest BCUT2D eigenvalue weighted by Gasteiger charge is -2.13. The number of hydrogen-bond donors (Lipinski definition) is 1. The standard InChI is InChI=1S/C26H27NO6S/c1-19-14-15-20(2)24(17-19)34(30,31)33-23-13-7-6-12-22(23)26(29)32-18-25(28)27-16-8-11-21-9-4-3-5-10-21/h3-7,9-10,12-15,17H,8,11,16,18H2,1-2H3,(H,27,28). The van der Waals surface area contributed by atoms with Crippen molar-refractivity contribution in [1.29, 1.82) is 0 Å². The normalized spacial score (nSPS) is 11.0. The van der Waals surface area contributed by atoms with Gasteiger partial charge in [-0.3, -0.25) is 4.79 Å². The zero-order valence-electron chi connectivity index (χ0n) is 19.1. The monoisotopic (exact) mass is 481 g/mol. The third-order valence-corrected chi connectivity index (χ3v) is 6.44. The van der Waals surface area contributed by atoms with E-state index >= 15 is 0 Å². The van der Waals surface area contributed by atoms with Gasteiger partial charge in [-0.1, -0.05) is 54.6 Å². The molecule has 3 aromatic carbocycles. The molecule has 7 nitrogen and oxygen atoms in total. The Hall–Kier alpha value is -3.65. The minimum Gasteiger partial charge on any atom is -0.452 e. The van der Waals surface area contributed by atoms with E-state index in [1.165, 1.54) is 23.8 Å². The highest BCUT2D eigenvalue weighted by Crippen LogP contribution is 2.26. The summed E-state index contributed by atoms with van der Waals surface area (Å²) in [7, 11) is -4.18. The second-order valence-corrected chi connectivity index (χ2v) is 9.33. The molecule has 0 spiro atoms. The summed E-state index contributed by atoms with van der Waals surface area (Å²) in [5.74, 6) is -1.47. The molecule has 34 heavy (non-hydrogen) atoms. The predicted octanol–water partition coefficient (Wildman–Crippen LogP) is 3.98. The molecule has 1 amide bonds. The van der Waals surface area contributed by atoms with Gasteiger partial charge in [-0.25, -0.2) is 4.79 Å². The molecule has 0 fully saturated rings. The van der Waals surface area contributed by atoms with Crippen LogP contribution in [0.15, 0.2) is 77.7 Å². The number of esters is 1. The third kappa shape index (κ3) is 6.92. The van der Waals surface area contributed by atoms with E-state index in [9.17, 15) is 18.0 Å². The van der Waals surface area contributed by atoms with Gasteiger partial charge in [0.05, 0.1) is 0 Å².